The molecule has 20 heavy (non-hydrogen) atoms. The van der Waals surface area contributed by atoms with Crippen molar-refractivity contribution in [3.8, 4) is 0 Å². The van der Waals surface area contributed by atoms with Gasteiger partial charge in [0.25, 0.3) is 5.56 Å². The van der Waals surface area contributed by atoms with E-state index in [1.54, 1.807) is 6.92 Å². The van der Waals surface area contributed by atoms with Crippen molar-refractivity contribution in [3.05, 3.63) is 27.1 Å². The van der Waals surface area contributed by atoms with Crippen LogP contribution in [-0.2, 0) is 22.5 Å². The fourth-order valence-electron chi connectivity index (χ4n) is 1.92. The molecule has 0 amide bonds. The molecule has 5 nitrogen and oxygen atoms in total. The van der Waals surface area contributed by atoms with Crippen molar-refractivity contribution in [1.29, 1.82) is 0 Å². The monoisotopic (exact) mass is 294 g/mol. The first-order chi connectivity index (χ1) is 9.56. The molecule has 0 bridgehead atoms. The third-order valence-electron chi connectivity index (χ3n) is 3.00. The van der Waals surface area contributed by atoms with Crippen LogP contribution in [0.4, 0.5) is 0 Å². The van der Waals surface area contributed by atoms with Gasteiger partial charge in [-0.1, -0.05) is 13.8 Å². The zero-order valence-corrected chi connectivity index (χ0v) is 12.7. The maximum Gasteiger partial charge on any atom is 0.326 e. The summed E-state index contributed by atoms with van der Waals surface area (Å²) in [5, 5.41) is 0.584. The van der Waals surface area contributed by atoms with E-state index < -0.39 is 5.97 Å². The third-order valence-corrected chi connectivity index (χ3v) is 4.17. The minimum atomic E-state index is -0.399. The van der Waals surface area contributed by atoms with Gasteiger partial charge in [0.05, 0.1) is 12.0 Å². The summed E-state index contributed by atoms with van der Waals surface area (Å²) in [6, 6.07) is 1.86. The fraction of sp³-hybridized carbons (Fsp3) is 0.500. The van der Waals surface area contributed by atoms with Gasteiger partial charge in [-0.25, -0.2) is 4.98 Å². The highest BCUT2D eigenvalue weighted by Gasteiger charge is 2.14. The normalized spacial score (nSPS) is 10.9. The van der Waals surface area contributed by atoms with Crippen LogP contribution in [0.25, 0.3) is 10.2 Å². The molecule has 0 spiro atoms. The summed E-state index contributed by atoms with van der Waals surface area (Å²) in [6.07, 6.45) is 1.64. The number of rotatable bonds is 5. The fourth-order valence-corrected chi connectivity index (χ4v) is 2.92. The van der Waals surface area contributed by atoms with Crippen molar-refractivity contribution in [2.45, 2.75) is 40.2 Å². The van der Waals surface area contributed by atoms with Gasteiger partial charge >= 0.3 is 5.97 Å². The Morgan fingerprint density at radius 3 is 2.85 bits per heavy atom. The number of nitrogens with zero attached hydrogens (tertiary/aromatic N) is 2. The lowest BCUT2D eigenvalue weighted by molar-refractivity contribution is -0.144. The van der Waals surface area contributed by atoms with E-state index in [-0.39, 0.29) is 12.1 Å². The maximum atomic E-state index is 12.4. The molecule has 0 aliphatic heterocycles. The number of carbonyl (C=O) groups is 1. The molecule has 0 aromatic carbocycles. The number of thiophene rings is 1. The Morgan fingerprint density at radius 1 is 1.45 bits per heavy atom. The van der Waals surface area contributed by atoms with Crippen molar-refractivity contribution in [1.82, 2.24) is 9.55 Å². The molecule has 0 atom stereocenters. The third kappa shape index (κ3) is 2.90. The van der Waals surface area contributed by atoms with E-state index in [1.807, 2.05) is 19.9 Å². The largest absolute Gasteiger partial charge is 0.464 e. The SMILES string of the molecule is CCCOC(=O)Cn1c(C)nc2sc(CC)cc2c1=O. The lowest BCUT2D eigenvalue weighted by Gasteiger charge is -2.08. The van der Waals surface area contributed by atoms with E-state index in [9.17, 15) is 9.59 Å². The van der Waals surface area contributed by atoms with Crippen molar-refractivity contribution in [3.63, 3.8) is 0 Å². The second-order valence-corrected chi connectivity index (χ2v) is 5.67. The van der Waals surface area contributed by atoms with Gasteiger partial charge in [-0.05, 0) is 25.8 Å². The first-order valence-corrected chi connectivity index (χ1v) is 7.54. The predicted molar refractivity (Wildman–Crippen MR) is 79.2 cm³/mol. The van der Waals surface area contributed by atoms with E-state index in [2.05, 4.69) is 4.98 Å². The highest BCUT2D eigenvalue weighted by molar-refractivity contribution is 7.18. The second-order valence-electron chi connectivity index (χ2n) is 4.56. The summed E-state index contributed by atoms with van der Waals surface area (Å²) in [5.74, 6) is 0.143. The van der Waals surface area contributed by atoms with E-state index in [4.69, 9.17) is 4.74 Å². The number of esters is 1. The van der Waals surface area contributed by atoms with Gasteiger partial charge in [0.1, 0.15) is 17.2 Å². The molecular formula is C14H18N2O3S. The highest BCUT2D eigenvalue weighted by Crippen LogP contribution is 2.21. The average Bonchev–Trinajstić information content (AvgIpc) is 2.84. The summed E-state index contributed by atoms with van der Waals surface area (Å²) >= 11 is 1.53. The molecule has 108 valence electrons. The van der Waals surface area contributed by atoms with E-state index in [1.165, 1.54) is 15.9 Å². The first-order valence-electron chi connectivity index (χ1n) is 6.72. The Balaban J connectivity index is 2.38. The molecular weight excluding hydrogens is 276 g/mol. The van der Waals surface area contributed by atoms with Crippen LogP contribution < -0.4 is 5.56 Å². The van der Waals surface area contributed by atoms with Crippen LogP contribution in [0.3, 0.4) is 0 Å². The van der Waals surface area contributed by atoms with Gasteiger partial charge in [0.2, 0.25) is 0 Å². The zero-order chi connectivity index (χ0) is 14.7. The zero-order valence-electron chi connectivity index (χ0n) is 11.9. The Morgan fingerprint density at radius 2 is 2.20 bits per heavy atom. The maximum absolute atomic E-state index is 12.4. The molecule has 0 saturated heterocycles. The van der Waals surface area contributed by atoms with Crippen LogP contribution in [0.1, 0.15) is 31.0 Å². The summed E-state index contributed by atoms with van der Waals surface area (Å²) in [4.78, 5) is 30.3. The average molecular weight is 294 g/mol. The molecule has 0 radical (unpaired) electrons. The van der Waals surface area contributed by atoms with Gasteiger partial charge in [0.15, 0.2) is 0 Å². The molecule has 0 aliphatic carbocycles. The Hall–Kier alpha value is -1.69. The molecule has 2 rings (SSSR count). The molecule has 2 aromatic heterocycles. The van der Waals surface area contributed by atoms with Crippen molar-refractivity contribution < 1.29 is 9.53 Å². The number of fused-ring (bicyclic) bond motifs is 1. The van der Waals surface area contributed by atoms with Crippen LogP contribution in [0.5, 0.6) is 0 Å². The Kier molecular flexibility index (Phi) is 4.54. The van der Waals surface area contributed by atoms with Crippen molar-refractivity contribution >= 4 is 27.5 Å². The van der Waals surface area contributed by atoms with Crippen LogP contribution in [0, 0.1) is 6.92 Å². The number of ether oxygens (including phenoxy) is 1. The van der Waals surface area contributed by atoms with Crippen molar-refractivity contribution in [2.24, 2.45) is 0 Å². The quantitative estimate of drug-likeness (QED) is 0.794. The van der Waals surface area contributed by atoms with Gasteiger partial charge in [-0.3, -0.25) is 14.2 Å². The summed E-state index contributed by atoms with van der Waals surface area (Å²) in [6.45, 7) is 6.00. The van der Waals surface area contributed by atoms with Gasteiger partial charge < -0.3 is 4.74 Å². The molecule has 0 saturated carbocycles. The minimum absolute atomic E-state index is 0.0785. The lowest BCUT2D eigenvalue weighted by Crippen LogP contribution is -2.28. The summed E-state index contributed by atoms with van der Waals surface area (Å²) in [5.41, 5.74) is -0.170. The highest BCUT2D eigenvalue weighted by atomic mass is 32.1. The molecule has 0 aliphatic rings. The van der Waals surface area contributed by atoms with Gasteiger partial charge in [-0.15, -0.1) is 11.3 Å². The van der Waals surface area contributed by atoms with Gasteiger partial charge in [-0.2, -0.15) is 0 Å². The second kappa shape index (κ2) is 6.17. The molecule has 0 N–H and O–H groups in total. The van der Waals surface area contributed by atoms with E-state index in [0.29, 0.717) is 17.8 Å². The molecule has 6 heteroatoms. The van der Waals surface area contributed by atoms with Crippen LogP contribution in [0.2, 0.25) is 0 Å². The van der Waals surface area contributed by atoms with Crippen LogP contribution >= 0.6 is 11.3 Å². The minimum Gasteiger partial charge on any atom is -0.464 e. The number of hydrogen-bond donors (Lipinski definition) is 0. The predicted octanol–water partition coefficient (Wildman–Crippen LogP) is 2.28. The van der Waals surface area contributed by atoms with Crippen molar-refractivity contribution in [2.75, 3.05) is 6.61 Å². The Labute approximate surface area is 121 Å². The summed E-state index contributed by atoms with van der Waals surface area (Å²) in [7, 11) is 0. The Bertz CT molecular complexity index is 688. The molecule has 0 unspecified atom stereocenters. The molecule has 2 aromatic rings. The number of carbonyl (C=O) groups excluding carboxylic acids is 1. The number of aromatic nitrogens is 2. The van der Waals surface area contributed by atoms with E-state index in [0.717, 1.165) is 22.5 Å². The molecule has 0 fully saturated rings. The summed E-state index contributed by atoms with van der Waals surface area (Å²) < 4.78 is 6.40. The number of aryl methyl sites for hydroxylation is 2. The number of hydrogen-bond acceptors (Lipinski definition) is 5. The van der Waals surface area contributed by atoms with Crippen LogP contribution in [-0.4, -0.2) is 22.1 Å². The van der Waals surface area contributed by atoms with Gasteiger partial charge in [0, 0.05) is 4.88 Å². The van der Waals surface area contributed by atoms with Crippen LogP contribution in [0.15, 0.2) is 10.9 Å². The smallest absolute Gasteiger partial charge is 0.326 e. The first kappa shape index (κ1) is 14.7. The topological polar surface area (TPSA) is 61.2 Å². The lowest BCUT2D eigenvalue weighted by atomic mass is 10.3. The molecule has 2 heterocycles. The standard InChI is InChI=1S/C14H18N2O3S/c1-4-6-19-12(17)8-16-9(3)15-13-11(14(16)18)7-10(5-2)20-13/h7H,4-6,8H2,1-3H3. The van der Waals surface area contributed by atoms with E-state index >= 15 is 0 Å².